The van der Waals surface area contributed by atoms with Crippen LogP contribution in [0.5, 0.6) is 0 Å². The summed E-state index contributed by atoms with van der Waals surface area (Å²) in [5.74, 6) is 0. The minimum Gasteiger partial charge on any atom is -0.427 e. The molecular weight excluding hydrogens is 252 g/mol. The van der Waals surface area contributed by atoms with E-state index in [0.717, 1.165) is 0 Å². The van der Waals surface area contributed by atoms with Crippen molar-refractivity contribution in [2.45, 2.75) is 11.6 Å². The lowest BCUT2D eigenvalue weighted by molar-refractivity contribution is 0.463. The van der Waals surface area contributed by atoms with E-state index in [2.05, 4.69) is 4.98 Å². The summed E-state index contributed by atoms with van der Waals surface area (Å²) in [6.45, 7) is 0. The highest BCUT2D eigenvalue weighted by atomic mass is 35.7. The molecule has 82 valence electrons. The van der Waals surface area contributed by atoms with E-state index >= 15 is 0 Å². The molecule has 1 heterocycles. The maximum Gasteiger partial charge on any atom is 0.332 e. The first-order chi connectivity index (χ1) is 7.52. The van der Waals surface area contributed by atoms with Crippen LogP contribution in [0.2, 0.25) is 0 Å². The van der Waals surface area contributed by atoms with Crippen molar-refractivity contribution in [2.75, 3.05) is 0 Å². The molecular formula is C9H5ClN2O3S. The zero-order valence-electron chi connectivity index (χ0n) is 7.84. The third kappa shape index (κ3) is 1.87. The van der Waals surface area contributed by atoms with E-state index in [1.165, 1.54) is 0 Å². The maximum atomic E-state index is 11.0. The molecule has 2 aromatic rings. The number of halogens is 1. The van der Waals surface area contributed by atoms with Gasteiger partial charge in [-0.05, 0) is 6.07 Å². The fourth-order valence-electron chi connectivity index (χ4n) is 1.31. The Bertz CT molecular complexity index is 684. The van der Waals surface area contributed by atoms with E-state index in [4.69, 9.17) is 20.4 Å². The van der Waals surface area contributed by atoms with Crippen LogP contribution in [0.25, 0.3) is 11.1 Å². The van der Waals surface area contributed by atoms with Crippen molar-refractivity contribution in [1.29, 1.82) is 5.26 Å². The maximum absolute atomic E-state index is 11.0. The molecule has 7 heteroatoms. The van der Waals surface area contributed by atoms with E-state index in [-0.39, 0.29) is 12.0 Å². The lowest BCUT2D eigenvalue weighted by Gasteiger charge is -1.92. The second-order valence-electron chi connectivity index (χ2n) is 3.02. The molecule has 0 amide bonds. The number of benzene rings is 1. The van der Waals surface area contributed by atoms with Crippen LogP contribution in [0.3, 0.4) is 0 Å². The largest absolute Gasteiger partial charge is 0.427 e. The summed E-state index contributed by atoms with van der Waals surface area (Å²) in [5, 5.41) is 8.04. The first-order valence-electron chi connectivity index (χ1n) is 4.22. The second-order valence-corrected chi connectivity index (χ2v) is 5.46. The van der Waals surface area contributed by atoms with Crippen molar-refractivity contribution in [2.24, 2.45) is 0 Å². The first-order valence-corrected chi connectivity index (χ1v) is 6.53. The number of rotatable bonds is 2. The van der Waals surface area contributed by atoms with Crippen molar-refractivity contribution in [3.63, 3.8) is 0 Å². The molecule has 0 aliphatic rings. The number of oxazole rings is 1. The Kier molecular flexibility index (Phi) is 2.58. The lowest BCUT2D eigenvalue weighted by atomic mass is 10.1. The number of para-hydroxylation sites is 1. The van der Waals surface area contributed by atoms with E-state index in [9.17, 15) is 8.42 Å². The van der Waals surface area contributed by atoms with Gasteiger partial charge in [0.05, 0.1) is 12.5 Å². The minimum absolute atomic E-state index is 0.119. The van der Waals surface area contributed by atoms with Crippen molar-refractivity contribution < 1.29 is 12.8 Å². The fourth-order valence-corrected chi connectivity index (χ4v) is 1.90. The molecule has 0 atom stereocenters. The van der Waals surface area contributed by atoms with Crippen molar-refractivity contribution >= 4 is 30.8 Å². The molecule has 0 saturated carbocycles. The van der Waals surface area contributed by atoms with Gasteiger partial charge in [-0.2, -0.15) is 10.2 Å². The van der Waals surface area contributed by atoms with E-state index in [1.54, 1.807) is 18.2 Å². The Morgan fingerprint density at radius 3 is 2.88 bits per heavy atom. The summed E-state index contributed by atoms with van der Waals surface area (Å²) in [6.07, 6.45) is 0.119. The number of hydrogen-bond acceptors (Lipinski definition) is 5. The van der Waals surface area contributed by atoms with Crippen LogP contribution in [-0.4, -0.2) is 13.4 Å². The molecule has 1 aromatic heterocycles. The van der Waals surface area contributed by atoms with Gasteiger partial charge in [0.2, 0.25) is 0 Å². The molecule has 0 aliphatic heterocycles. The lowest BCUT2D eigenvalue weighted by Crippen LogP contribution is -1.88. The van der Waals surface area contributed by atoms with E-state index in [1.807, 2.05) is 6.07 Å². The standard InChI is InChI=1S/C9H5ClN2O3S/c10-16(13,14)9-12-7-3-1-2-6(4-5-11)8(7)15-9/h1-3H,4H2. The average molecular weight is 257 g/mol. The number of nitrogens with zero attached hydrogens (tertiary/aromatic N) is 2. The highest BCUT2D eigenvalue weighted by molar-refractivity contribution is 8.13. The zero-order valence-corrected chi connectivity index (χ0v) is 9.42. The SMILES string of the molecule is N#CCc1cccc2nc(S(=O)(=O)Cl)oc12. The quantitative estimate of drug-likeness (QED) is 0.765. The molecule has 0 spiro atoms. The van der Waals surface area contributed by atoms with Crippen LogP contribution >= 0.6 is 10.7 Å². The summed E-state index contributed by atoms with van der Waals surface area (Å²) in [4.78, 5) is 3.73. The van der Waals surface area contributed by atoms with Crippen LogP contribution in [0.1, 0.15) is 5.56 Å². The van der Waals surface area contributed by atoms with Gasteiger partial charge in [0.1, 0.15) is 5.52 Å². The van der Waals surface area contributed by atoms with Gasteiger partial charge < -0.3 is 4.42 Å². The number of nitriles is 1. The second kappa shape index (κ2) is 3.77. The summed E-state index contributed by atoms with van der Waals surface area (Å²) < 4.78 is 27.1. The van der Waals surface area contributed by atoms with Gasteiger partial charge in [0, 0.05) is 16.2 Å². The highest BCUT2D eigenvalue weighted by Gasteiger charge is 2.19. The van der Waals surface area contributed by atoms with Crippen molar-refractivity contribution in [3.05, 3.63) is 23.8 Å². The van der Waals surface area contributed by atoms with Crippen molar-refractivity contribution in [3.8, 4) is 6.07 Å². The monoisotopic (exact) mass is 256 g/mol. The molecule has 0 N–H and O–H groups in total. The van der Waals surface area contributed by atoms with Crippen LogP contribution in [-0.2, 0) is 15.5 Å². The molecule has 0 radical (unpaired) electrons. The molecule has 5 nitrogen and oxygen atoms in total. The Hall–Kier alpha value is -1.58. The number of hydrogen-bond donors (Lipinski definition) is 0. The highest BCUT2D eigenvalue weighted by Crippen LogP contribution is 2.24. The van der Waals surface area contributed by atoms with Crippen LogP contribution < -0.4 is 0 Å². The van der Waals surface area contributed by atoms with Crippen LogP contribution in [0.15, 0.2) is 27.8 Å². The van der Waals surface area contributed by atoms with Crippen molar-refractivity contribution in [1.82, 2.24) is 4.98 Å². The third-order valence-electron chi connectivity index (χ3n) is 1.95. The summed E-state index contributed by atoms with van der Waals surface area (Å²) >= 11 is 0. The summed E-state index contributed by atoms with van der Waals surface area (Å²) in [7, 11) is 1.13. The molecule has 16 heavy (non-hydrogen) atoms. The Balaban J connectivity index is 2.72. The Labute approximate surface area is 95.7 Å². The third-order valence-corrected chi connectivity index (χ3v) is 2.94. The zero-order chi connectivity index (χ0) is 11.8. The van der Waals surface area contributed by atoms with Gasteiger partial charge in [-0.15, -0.1) is 0 Å². The molecule has 0 aliphatic carbocycles. The van der Waals surface area contributed by atoms with Gasteiger partial charge in [-0.25, -0.2) is 8.42 Å². The fraction of sp³-hybridized carbons (Fsp3) is 0.111. The molecule has 0 fully saturated rings. The molecule has 1 aromatic carbocycles. The topological polar surface area (TPSA) is 84.0 Å². The average Bonchev–Trinajstić information content (AvgIpc) is 2.62. The smallest absolute Gasteiger partial charge is 0.332 e. The summed E-state index contributed by atoms with van der Waals surface area (Å²) in [6, 6.07) is 6.88. The van der Waals surface area contributed by atoms with Gasteiger partial charge in [-0.3, -0.25) is 0 Å². The van der Waals surface area contributed by atoms with Crippen LogP contribution in [0.4, 0.5) is 0 Å². The summed E-state index contributed by atoms with van der Waals surface area (Å²) in [5.41, 5.74) is 1.23. The van der Waals surface area contributed by atoms with Gasteiger partial charge in [0.25, 0.3) is 0 Å². The predicted octanol–water partition coefficient (Wildman–Crippen LogP) is 1.82. The Morgan fingerprint density at radius 2 is 2.25 bits per heavy atom. The molecule has 0 saturated heterocycles. The Morgan fingerprint density at radius 1 is 1.50 bits per heavy atom. The van der Waals surface area contributed by atoms with E-state index < -0.39 is 14.3 Å². The number of aromatic nitrogens is 1. The molecule has 0 bridgehead atoms. The van der Waals surface area contributed by atoms with Gasteiger partial charge in [-0.1, -0.05) is 12.1 Å². The van der Waals surface area contributed by atoms with Gasteiger partial charge >= 0.3 is 14.3 Å². The molecule has 0 unspecified atom stereocenters. The normalized spacial score (nSPS) is 11.5. The first kappa shape index (κ1) is 10.9. The van der Waals surface area contributed by atoms with E-state index in [0.29, 0.717) is 11.1 Å². The predicted molar refractivity (Wildman–Crippen MR) is 56.4 cm³/mol. The van der Waals surface area contributed by atoms with Gasteiger partial charge in [0.15, 0.2) is 5.58 Å². The molecule has 2 rings (SSSR count). The van der Waals surface area contributed by atoms with Crippen LogP contribution in [0, 0.1) is 11.3 Å². The number of fused-ring (bicyclic) bond motifs is 1. The minimum atomic E-state index is -3.98.